The van der Waals surface area contributed by atoms with Gasteiger partial charge in [-0.2, -0.15) is 0 Å². The average Bonchev–Trinajstić information content (AvgIpc) is 2.84. The van der Waals surface area contributed by atoms with Crippen molar-refractivity contribution in [2.45, 2.75) is 0 Å². The first-order chi connectivity index (χ1) is 10.1. The number of imidazole rings is 1. The zero-order chi connectivity index (χ0) is 14.8. The minimum absolute atomic E-state index is 0.339. The summed E-state index contributed by atoms with van der Waals surface area (Å²) in [6.07, 6.45) is 4.15. The van der Waals surface area contributed by atoms with Gasteiger partial charge in [-0.15, -0.1) is 0 Å². The van der Waals surface area contributed by atoms with E-state index in [-0.39, 0.29) is 5.82 Å². The molecule has 0 aliphatic carbocycles. The van der Waals surface area contributed by atoms with Gasteiger partial charge in [0.25, 0.3) is 0 Å². The zero-order valence-electron chi connectivity index (χ0n) is 10.9. The topological polar surface area (TPSA) is 57.4 Å². The van der Waals surface area contributed by atoms with Crippen LogP contribution in [0.5, 0.6) is 0 Å². The van der Waals surface area contributed by atoms with E-state index in [2.05, 4.69) is 4.98 Å². The molecule has 2 heterocycles. The average molecular weight is 281 g/mol. The van der Waals surface area contributed by atoms with Crippen LogP contribution in [0.4, 0.5) is 4.39 Å². The van der Waals surface area contributed by atoms with Crippen LogP contribution in [0.3, 0.4) is 0 Å². The van der Waals surface area contributed by atoms with Gasteiger partial charge in [0.05, 0.1) is 17.4 Å². The van der Waals surface area contributed by atoms with Crippen LogP contribution in [-0.2, 0) is 4.79 Å². The molecule has 104 valence electrons. The lowest BCUT2D eigenvalue weighted by Crippen LogP contribution is -2.18. The molecule has 0 unspecified atom stereocenters. The third-order valence-electron chi connectivity index (χ3n) is 3.06. The molecule has 0 amide bonds. The minimum Gasteiger partial charge on any atom is -0.545 e. The summed E-state index contributed by atoms with van der Waals surface area (Å²) in [4.78, 5) is 15.1. The molecule has 0 saturated carbocycles. The molecular weight excluding hydrogens is 271 g/mol. The van der Waals surface area contributed by atoms with Crippen LogP contribution in [0.2, 0.25) is 0 Å². The van der Waals surface area contributed by atoms with Gasteiger partial charge in [0, 0.05) is 11.8 Å². The van der Waals surface area contributed by atoms with Crippen molar-refractivity contribution in [3.05, 3.63) is 66.2 Å². The Labute approximate surface area is 119 Å². The van der Waals surface area contributed by atoms with Crippen molar-refractivity contribution in [2.75, 3.05) is 0 Å². The van der Waals surface area contributed by atoms with Crippen LogP contribution in [0, 0.1) is 5.82 Å². The normalized spacial score (nSPS) is 11.3. The second-order valence-electron chi connectivity index (χ2n) is 4.43. The number of aromatic nitrogens is 2. The number of hydrogen-bond acceptors (Lipinski definition) is 3. The predicted molar refractivity (Wildman–Crippen MR) is 74.6 cm³/mol. The number of benzene rings is 1. The fourth-order valence-corrected chi connectivity index (χ4v) is 2.14. The predicted octanol–water partition coefficient (Wildman–Crippen LogP) is 1.90. The van der Waals surface area contributed by atoms with E-state index >= 15 is 0 Å². The van der Waals surface area contributed by atoms with Crippen molar-refractivity contribution in [3.63, 3.8) is 0 Å². The molecule has 0 fully saturated rings. The molecule has 3 aromatic rings. The van der Waals surface area contributed by atoms with Crippen molar-refractivity contribution in [1.82, 2.24) is 9.38 Å². The molecule has 4 nitrogen and oxygen atoms in total. The summed E-state index contributed by atoms with van der Waals surface area (Å²) in [7, 11) is 0. The largest absolute Gasteiger partial charge is 0.545 e. The fourth-order valence-electron chi connectivity index (χ4n) is 2.14. The van der Waals surface area contributed by atoms with E-state index in [0.29, 0.717) is 22.6 Å². The summed E-state index contributed by atoms with van der Waals surface area (Å²) in [6.45, 7) is 0. The summed E-state index contributed by atoms with van der Waals surface area (Å²) in [5.41, 5.74) is 2.56. The first-order valence-electron chi connectivity index (χ1n) is 6.27. The van der Waals surface area contributed by atoms with Gasteiger partial charge in [0.15, 0.2) is 0 Å². The number of pyridine rings is 1. The summed E-state index contributed by atoms with van der Waals surface area (Å²) in [5, 5.41) is 10.6. The minimum atomic E-state index is -1.29. The number of carboxylic acid groups (broad SMARTS) is 1. The Morgan fingerprint density at radius 3 is 2.67 bits per heavy atom. The van der Waals surface area contributed by atoms with Gasteiger partial charge >= 0.3 is 0 Å². The van der Waals surface area contributed by atoms with Crippen LogP contribution < -0.4 is 5.11 Å². The van der Waals surface area contributed by atoms with E-state index in [0.717, 1.165) is 6.08 Å². The maximum Gasteiger partial charge on any atom is 0.137 e. The number of nitrogens with zero attached hydrogens (tertiary/aromatic N) is 2. The Morgan fingerprint density at radius 1 is 1.19 bits per heavy atom. The highest BCUT2D eigenvalue weighted by atomic mass is 19.1. The van der Waals surface area contributed by atoms with Gasteiger partial charge in [-0.05, 0) is 48.6 Å². The number of halogens is 1. The Kier molecular flexibility index (Phi) is 3.23. The summed E-state index contributed by atoms with van der Waals surface area (Å²) >= 11 is 0. The number of carbonyl (C=O) groups is 1. The van der Waals surface area contributed by atoms with Crippen LogP contribution in [0.1, 0.15) is 5.69 Å². The van der Waals surface area contributed by atoms with Gasteiger partial charge in [0.1, 0.15) is 11.5 Å². The monoisotopic (exact) mass is 281 g/mol. The van der Waals surface area contributed by atoms with Crippen molar-refractivity contribution in [1.29, 1.82) is 0 Å². The van der Waals surface area contributed by atoms with E-state index in [1.165, 1.54) is 18.2 Å². The van der Waals surface area contributed by atoms with Crippen molar-refractivity contribution >= 4 is 17.7 Å². The quantitative estimate of drug-likeness (QED) is 0.689. The van der Waals surface area contributed by atoms with Gasteiger partial charge in [-0.3, -0.25) is 4.40 Å². The second kappa shape index (κ2) is 5.20. The second-order valence-corrected chi connectivity index (χ2v) is 4.43. The first-order valence-corrected chi connectivity index (χ1v) is 6.27. The van der Waals surface area contributed by atoms with E-state index in [4.69, 9.17) is 0 Å². The molecule has 0 spiro atoms. The molecule has 5 heteroatoms. The molecule has 0 N–H and O–H groups in total. The highest BCUT2D eigenvalue weighted by molar-refractivity contribution is 5.86. The molecule has 2 aromatic heterocycles. The lowest BCUT2D eigenvalue weighted by molar-refractivity contribution is -0.297. The maximum atomic E-state index is 13.0. The molecule has 0 saturated heterocycles. The van der Waals surface area contributed by atoms with E-state index < -0.39 is 5.97 Å². The van der Waals surface area contributed by atoms with Crippen LogP contribution in [0.25, 0.3) is 23.0 Å². The van der Waals surface area contributed by atoms with Gasteiger partial charge in [-0.25, -0.2) is 9.37 Å². The molecule has 1 aromatic carbocycles. The SMILES string of the molecule is O=C([O-])/C=C/c1c(-c2ccc(F)cc2)nc2ccccn12. The Hall–Kier alpha value is -2.95. The number of carbonyl (C=O) groups excluding carboxylic acids is 1. The fraction of sp³-hybridized carbons (Fsp3) is 0. The lowest BCUT2D eigenvalue weighted by Gasteiger charge is -2.01. The van der Waals surface area contributed by atoms with Gasteiger partial charge in [0.2, 0.25) is 0 Å². The van der Waals surface area contributed by atoms with Crippen LogP contribution in [-0.4, -0.2) is 15.4 Å². The number of rotatable bonds is 3. The highest BCUT2D eigenvalue weighted by Crippen LogP contribution is 2.25. The maximum absolute atomic E-state index is 13.0. The van der Waals surface area contributed by atoms with Crippen molar-refractivity contribution < 1.29 is 14.3 Å². The number of fused-ring (bicyclic) bond motifs is 1. The molecular formula is C16H10FN2O2-. The summed E-state index contributed by atoms with van der Waals surface area (Å²) < 4.78 is 14.8. The molecule has 0 atom stereocenters. The van der Waals surface area contributed by atoms with Crippen LogP contribution >= 0.6 is 0 Å². The van der Waals surface area contributed by atoms with E-state index in [1.54, 1.807) is 22.7 Å². The van der Waals surface area contributed by atoms with Crippen LogP contribution in [0.15, 0.2) is 54.7 Å². The highest BCUT2D eigenvalue weighted by Gasteiger charge is 2.11. The van der Waals surface area contributed by atoms with Gasteiger partial charge < -0.3 is 9.90 Å². The molecule has 0 aliphatic heterocycles. The first kappa shape index (κ1) is 13.1. The molecule has 0 aliphatic rings. The number of hydrogen-bond donors (Lipinski definition) is 0. The Morgan fingerprint density at radius 2 is 1.95 bits per heavy atom. The molecule has 0 bridgehead atoms. The summed E-state index contributed by atoms with van der Waals surface area (Å²) in [5.74, 6) is -1.62. The number of carboxylic acids is 1. The van der Waals surface area contributed by atoms with Crippen molar-refractivity contribution in [2.24, 2.45) is 0 Å². The molecule has 21 heavy (non-hydrogen) atoms. The standard InChI is InChI=1S/C16H11FN2O2/c17-12-6-4-11(5-7-12)16-13(8-9-15(20)21)19-10-2-1-3-14(19)18-16/h1-10H,(H,20,21)/p-1/b9-8+. The van der Waals surface area contributed by atoms with Crippen molar-refractivity contribution in [3.8, 4) is 11.3 Å². The molecule has 3 rings (SSSR count). The third-order valence-corrected chi connectivity index (χ3v) is 3.06. The third kappa shape index (κ3) is 2.53. The molecule has 0 radical (unpaired) electrons. The van der Waals surface area contributed by atoms with E-state index in [1.807, 2.05) is 18.2 Å². The summed E-state index contributed by atoms with van der Waals surface area (Å²) in [6, 6.07) is 11.4. The zero-order valence-corrected chi connectivity index (χ0v) is 10.9. The van der Waals surface area contributed by atoms with Gasteiger partial charge in [-0.1, -0.05) is 6.07 Å². The number of aliphatic carboxylic acids is 1. The lowest BCUT2D eigenvalue weighted by atomic mass is 10.1. The van der Waals surface area contributed by atoms with E-state index in [9.17, 15) is 14.3 Å². The Bertz CT molecular complexity index is 835. The smallest absolute Gasteiger partial charge is 0.137 e. The Balaban J connectivity index is 2.23.